The van der Waals surface area contributed by atoms with Crippen molar-refractivity contribution in [3.63, 3.8) is 0 Å². The lowest BCUT2D eigenvalue weighted by atomic mass is 9.94. The van der Waals surface area contributed by atoms with E-state index < -0.39 is 36.5 Å². The first-order valence-corrected chi connectivity index (χ1v) is 10.9. The molecular weight excluding hydrogens is 396 g/mol. The number of benzene rings is 1. The summed E-state index contributed by atoms with van der Waals surface area (Å²) >= 11 is 1.92. The van der Waals surface area contributed by atoms with Crippen LogP contribution in [0.25, 0.3) is 0 Å². The Balaban J connectivity index is 1.71. The minimum Gasteiger partial charge on any atom is -0.489 e. The van der Waals surface area contributed by atoms with E-state index in [-0.39, 0.29) is 6.61 Å². The monoisotopic (exact) mass is 422 g/mol. The predicted molar refractivity (Wildman–Crippen MR) is 110 cm³/mol. The number of para-hydroxylation sites is 2. The molecule has 3 N–H and O–H groups in total. The van der Waals surface area contributed by atoms with Gasteiger partial charge in [0, 0.05) is 0 Å². The number of carboxylic acids is 2. The van der Waals surface area contributed by atoms with E-state index in [0.717, 1.165) is 35.7 Å². The van der Waals surface area contributed by atoms with E-state index in [1.165, 1.54) is 0 Å². The van der Waals surface area contributed by atoms with Crippen LogP contribution in [-0.2, 0) is 14.4 Å². The zero-order valence-electron chi connectivity index (χ0n) is 16.1. The van der Waals surface area contributed by atoms with Gasteiger partial charge in [-0.25, -0.2) is 0 Å². The zero-order chi connectivity index (χ0) is 20.8. The van der Waals surface area contributed by atoms with E-state index in [0.29, 0.717) is 23.8 Å². The van der Waals surface area contributed by atoms with Gasteiger partial charge in [-0.3, -0.25) is 24.6 Å². The first-order valence-electron chi connectivity index (χ1n) is 9.77. The molecule has 2 heterocycles. The highest BCUT2D eigenvalue weighted by Crippen LogP contribution is 2.31. The van der Waals surface area contributed by atoms with Crippen LogP contribution >= 0.6 is 11.8 Å². The third kappa shape index (κ3) is 5.63. The van der Waals surface area contributed by atoms with Gasteiger partial charge in [0.05, 0.1) is 5.69 Å². The smallest absolute Gasteiger partial charge is 0.323 e. The van der Waals surface area contributed by atoms with E-state index in [4.69, 9.17) is 4.74 Å². The minimum absolute atomic E-state index is 0.0597. The molecule has 1 amide bonds. The number of hydrogen-bond acceptors (Lipinski definition) is 6. The quantitative estimate of drug-likeness (QED) is 0.581. The van der Waals surface area contributed by atoms with Gasteiger partial charge < -0.3 is 14.9 Å². The number of aliphatic carboxylic acids is 2. The number of carbonyl (C=O) groups excluding carboxylic acids is 1. The number of carboxylic acid groups (broad SMARTS) is 2. The van der Waals surface area contributed by atoms with Gasteiger partial charge in [-0.1, -0.05) is 12.1 Å². The van der Waals surface area contributed by atoms with E-state index in [1.54, 1.807) is 24.3 Å². The van der Waals surface area contributed by atoms with Crippen molar-refractivity contribution in [2.45, 2.75) is 37.8 Å². The van der Waals surface area contributed by atoms with Crippen molar-refractivity contribution in [1.82, 2.24) is 5.32 Å². The van der Waals surface area contributed by atoms with Crippen LogP contribution < -0.4 is 15.0 Å². The summed E-state index contributed by atoms with van der Waals surface area (Å²) in [5.74, 6) is 0.443. The molecule has 0 saturated carbocycles. The molecule has 0 spiro atoms. The first-order chi connectivity index (χ1) is 14.0. The van der Waals surface area contributed by atoms with E-state index >= 15 is 0 Å². The predicted octanol–water partition coefficient (Wildman–Crippen LogP) is 1.83. The highest BCUT2D eigenvalue weighted by atomic mass is 32.2. The Morgan fingerprint density at radius 1 is 1.24 bits per heavy atom. The lowest BCUT2D eigenvalue weighted by Crippen LogP contribution is -2.54. The van der Waals surface area contributed by atoms with Crippen LogP contribution in [0.3, 0.4) is 0 Å². The van der Waals surface area contributed by atoms with E-state index in [9.17, 15) is 24.6 Å². The highest BCUT2D eigenvalue weighted by Gasteiger charge is 2.35. The van der Waals surface area contributed by atoms with Gasteiger partial charge in [0.1, 0.15) is 31.0 Å². The second-order valence-corrected chi connectivity index (χ2v) is 8.56. The number of amides is 1. The summed E-state index contributed by atoms with van der Waals surface area (Å²) in [6.45, 7) is -0.579. The maximum absolute atomic E-state index is 13.0. The average molecular weight is 423 g/mol. The van der Waals surface area contributed by atoms with Gasteiger partial charge in [-0.05, 0) is 55.2 Å². The van der Waals surface area contributed by atoms with Crippen LogP contribution in [0.5, 0.6) is 5.75 Å². The molecule has 3 rings (SSSR count). The summed E-state index contributed by atoms with van der Waals surface area (Å²) in [4.78, 5) is 37.3. The number of carbonyl (C=O) groups is 3. The van der Waals surface area contributed by atoms with Crippen molar-refractivity contribution < 1.29 is 29.3 Å². The van der Waals surface area contributed by atoms with Gasteiger partial charge in [0.25, 0.3) is 0 Å². The topological polar surface area (TPSA) is 116 Å². The van der Waals surface area contributed by atoms with Crippen molar-refractivity contribution in [3.05, 3.63) is 24.3 Å². The Bertz CT molecular complexity index is 752. The Morgan fingerprint density at radius 3 is 2.66 bits per heavy atom. The molecule has 0 aromatic heterocycles. The van der Waals surface area contributed by atoms with Crippen LogP contribution in [0, 0.1) is 5.92 Å². The molecule has 0 aliphatic carbocycles. The molecule has 29 heavy (non-hydrogen) atoms. The fraction of sp³-hybridized carbons (Fsp3) is 0.550. The third-order valence-corrected chi connectivity index (χ3v) is 6.37. The van der Waals surface area contributed by atoms with Gasteiger partial charge in [0.15, 0.2) is 0 Å². The van der Waals surface area contributed by atoms with E-state index in [2.05, 4.69) is 5.32 Å². The molecule has 2 aliphatic heterocycles. The molecule has 2 atom stereocenters. The number of rotatable bonds is 8. The number of ether oxygens (including phenoxy) is 1. The number of nitrogens with zero attached hydrogens (tertiary/aromatic N) is 1. The highest BCUT2D eigenvalue weighted by molar-refractivity contribution is 7.99. The summed E-state index contributed by atoms with van der Waals surface area (Å²) in [5.41, 5.74) is 0.371. The van der Waals surface area contributed by atoms with Crippen LogP contribution in [0.1, 0.15) is 25.7 Å². The second-order valence-electron chi connectivity index (χ2n) is 7.34. The molecule has 0 radical (unpaired) electrons. The molecule has 9 heteroatoms. The summed E-state index contributed by atoms with van der Waals surface area (Å²) in [6.07, 6.45) is 3.38. The summed E-state index contributed by atoms with van der Waals surface area (Å²) in [7, 11) is 0. The normalized spacial score (nSPS) is 21.0. The Labute approximate surface area is 173 Å². The first kappa shape index (κ1) is 21.4. The Morgan fingerprint density at radius 2 is 1.97 bits per heavy atom. The molecular formula is C20H26N2O6S. The van der Waals surface area contributed by atoms with Crippen molar-refractivity contribution in [2.24, 2.45) is 5.92 Å². The number of fused-ring (bicyclic) bond motifs is 1. The molecule has 1 unspecified atom stereocenters. The number of hydrogen-bond donors (Lipinski definition) is 3. The summed E-state index contributed by atoms with van der Waals surface area (Å²) < 4.78 is 5.70. The van der Waals surface area contributed by atoms with Crippen LogP contribution in [0.2, 0.25) is 0 Å². The van der Waals surface area contributed by atoms with Gasteiger partial charge in [-0.15, -0.1) is 0 Å². The van der Waals surface area contributed by atoms with Crippen LogP contribution in [-0.4, -0.2) is 64.8 Å². The fourth-order valence-electron chi connectivity index (χ4n) is 3.73. The van der Waals surface area contributed by atoms with Crippen molar-refractivity contribution in [3.8, 4) is 5.75 Å². The molecule has 0 bridgehead atoms. The lowest BCUT2D eigenvalue weighted by Gasteiger charge is -2.27. The maximum atomic E-state index is 13.0. The van der Waals surface area contributed by atoms with Crippen molar-refractivity contribution in [1.29, 1.82) is 0 Å². The van der Waals surface area contributed by atoms with Crippen LogP contribution in [0.4, 0.5) is 5.69 Å². The van der Waals surface area contributed by atoms with Gasteiger partial charge in [0.2, 0.25) is 5.91 Å². The molecule has 8 nitrogen and oxygen atoms in total. The third-order valence-electron chi connectivity index (χ3n) is 5.32. The summed E-state index contributed by atoms with van der Waals surface area (Å²) in [5, 5.41) is 21.8. The molecule has 158 valence electrons. The van der Waals surface area contributed by atoms with Crippen molar-refractivity contribution >= 4 is 35.3 Å². The Hall–Kier alpha value is -2.26. The molecule has 1 fully saturated rings. The average Bonchev–Trinajstić information content (AvgIpc) is 2.83. The number of anilines is 1. The molecule has 1 aromatic rings. The molecule has 2 aliphatic rings. The Kier molecular flexibility index (Phi) is 7.38. The largest absolute Gasteiger partial charge is 0.489 e. The van der Waals surface area contributed by atoms with Crippen molar-refractivity contribution in [2.75, 3.05) is 29.6 Å². The standard InChI is InChI=1S/C20H26N2O6S/c23-18(24)11-22-16-3-1-2-4-17(16)28-12-15(19(22)25)21-14(20(26)27)6-5-13-7-9-29-10-8-13/h1-4,13-15,21H,5-12H2,(H,23,24)(H,26,27)/t14?,15-/m0/s1. The molecule has 1 saturated heterocycles. The summed E-state index contributed by atoms with van der Waals surface area (Å²) in [6, 6.07) is 4.88. The maximum Gasteiger partial charge on any atom is 0.323 e. The second kappa shape index (κ2) is 9.98. The fourth-order valence-corrected chi connectivity index (χ4v) is 4.93. The van der Waals surface area contributed by atoms with Gasteiger partial charge in [-0.2, -0.15) is 11.8 Å². The SMILES string of the molecule is O=C(O)CN1C(=O)[C@@H](NC(CCC2CCSCC2)C(=O)O)COc2ccccc21. The number of thioether (sulfide) groups is 1. The minimum atomic E-state index is -1.15. The lowest BCUT2D eigenvalue weighted by molar-refractivity contribution is -0.141. The molecule has 1 aromatic carbocycles. The van der Waals surface area contributed by atoms with E-state index in [1.807, 2.05) is 11.8 Å². The van der Waals surface area contributed by atoms with Gasteiger partial charge >= 0.3 is 11.9 Å². The number of nitrogens with one attached hydrogen (secondary N) is 1. The van der Waals surface area contributed by atoms with Crippen LogP contribution in [0.15, 0.2) is 24.3 Å². The zero-order valence-corrected chi connectivity index (χ0v) is 16.9.